The molecule has 3 rings (SSSR count). The Kier molecular flexibility index (Phi) is 8.50. The standard InChI is InChI=1S/C21H25ClFIN4O/c22-15-6-7-16(17(23)12-15)21(29)28-19-9-8-18(24)20(27-19)26-11-2-1-4-14-5-3-10-25-13-14/h6-9,12,14,25H,1-5,10-11,13H2,(H2,26,27,28,29). The largest absolute Gasteiger partial charge is 0.369 e. The Morgan fingerprint density at radius 2 is 2.17 bits per heavy atom. The van der Waals surface area contributed by atoms with Crippen molar-refractivity contribution in [1.29, 1.82) is 0 Å². The van der Waals surface area contributed by atoms with Gasteiger partial charge in [-0.15, -0.1) is 0 Å². The molecule has 1 aromatic heterocycles. The fraction of sp³-hybridized carbons (Fsp3) is 0.429. The normalized spacial score (nSPS) is 16.4. The number of nitrogens with one attached hydrogen (secondary N) is 3. The van der Waals surface area contributed by atoms with Crippen LogP contribution in [-0.2, 0) is 0 Å². The van der Waals surface area contributed by atoms with Gasteiger partial charge in [0, 0.05) is 11.6 Å². The van der Waals surface area contributed by atoms with E-state index in [9.17, 15) is 9.18 Å². The molecule has 0 bridgehead atoms. The van der Waals surface area contributed by atoms with Crippen LogP contribution >= 0.6 is 34.2 Å². The number of benzene rings is 1. The van der Waals surface area contributed by atoms with Gasteiger partial charge in [0.05, 0.1) is 9.13 Å². The topological polar surface area (TPSA) is 66.1 Å². The number of rotatable bonds is 8. The Morgan fingerprint density at radius 1 is 1.31 bits per heavy atom. The third-order valence-corrected chi connectivity index (χ3v) is 6.10. The van der Waals surface area contributed by atoms with Gasteiger partial charge in [-0.1, -0.05) is 18.0 Å². The summed E-state index contributed by atoms with van der Waals surface area (Å²) >= 11 is 7.95. The summed E-state index contributed by atoms with van der Waals surface area (Å²) in [4.78, 5) is 16.8. The van der Waals surface area contributed by atoms with Crippen LogP contribution in [0.2, 0.25) is 5.02 Å². The molecule has 29 heavy (non-hydrogen) atoms. The first-order valence-electron chi connectivity index (χ1n) is 9.90. The summed E-state index contributed by atoms with van der Waals surface area (Å²) in [7, 11) is 0. The van der Waals surface area contributed by atoms with Crippen molar-refractivity contribution in [3.8, 4) is 0 Å². The molecule has 1 fully saturated rings. The predicted octanol–water partition coefficient (Wildman–Crippen LogP) is 5.31. The van der Waals surface area contributed by atoms with Crippen molar-refractivity contribution in [3.05, 3.63) is 50.3 Å². The molecular formula is C21H25ClFIN4O. The highest BCUT2D eigenvalue weighted by Crippen LogP contribution is 2.21. The molecule has 1 unspecified atom stereocenters. The Labute approximate surface area is 189 Å². The highest BCUT2D eigenvalue weighted by Gasteiger charge is 2.14. The summed E-state index contributed by atoms with van der Waals surface area (Å²) in [6, 6.07) is 7.54. The van der Waals surface area contributed by atoms with Crippen LogP contribution in [-0.4, -0.2) is 30.5 Å². The van der Waals surface area contributed by atoms with Gasteiger partial charge < -0.3 is 16.0 Å². The second-order valence-corrected chi connectivity index (χ2v) is 8.84. The minimum atomic E-state index is -0.660. The van der Waals surface area contributed by atoms with Gasteiger partial charge in [-0.25, -0.2) is 9.37 Å². The van der Waals surface area contributed by atoms with E-state index in [1.165, 1.54) is 37.8 Å². The van der Waals surface area contributed by atoms with E-state index in [0.29, 0.717) is 5.82 Å². The van der Waals surface area contributed by atoms with Gasteiger partial charge in [-0.05, 0) is 97.6 Å². The average Bonchev–Trinajstić information content (AvgIpc) is 2.70. The van der Waals surface area contributed by atoms with E-state index in [-0.39, 0.29) is 10.6 Å². The van der Waals surface area contributed by atoms with Crippen LogP contribution in [0.5, 0.6) is 0 Å². The quantitative estimate of drug-likeness (QED) is 0.320. The molecule has 156 valence electrons. The molecule has 5 nitrogen and oxygen atoms in total. The maximum Gasteiger partial charge on any atom is 0.259 e. The van der Waals surface area contributed by atoms with E-state index in [1.54, 1.807) is 6.07 Å². The predicted molar refractivity (Wildman–Crippen MR) is 124 cm³/mol. The zero-order valence-corrected chi connectivity index (χ0v) is 19.0. The number of amides is 1. The summed E-state index contributed by atoms with van der Waals surface area (Å²) in [6.07, 6.45) is 6.12. The third-order valence-electron chi connectivity index (χ3n) is 4.99. The number of hydrogen-bond donors (Lipinski definition) is 3. The summed E-state index contributed by atoms with van der Waals surface area (Å²) in [5, 5.41) is 9.70. The first-order valence-corrected chi connectivity index (χ1v) is 11.4. The summed E-state index contributed by atoms with van der Waals surface area (Å²) in [5.41, 5.74) is -0.0681. The first-order chi connectivity index (χ1) is 14.0. The van der Waals surface area contributed by atoms with Crippen LogP contribution in [0, 0.1) is 15.3 Å². The van der Waals surface area contributed by atoms with Crippen molar-refractivity contribution in [1.82, 2.24) is 10.3 Å². The van der Waals surface area contributed by atoms with Gasteiger partial charge in [-0.3, -0.25) is 4.79 Å². The second kappa shape index (κ2) is 11.1. The van der Waals surface area contributed by atoms with Crippen LogP contribution in [0.15, 0.2) is 30.3 Å². The molecule has 8 heteroatoms. The van der Waals surface area contributed by atoms with Crippen LogP contribution in [0.1, 0.15) is 42.5 Å². The van der Waals surface area contributed by atoms with E-state index in [4.69, 9.17) is 11.6 Å². The van der Waals surface area contributed by atoms with E-state index < -0.39 is 11.7 Å². The summed E-state index contributed by atoms with van der Waals surface area (Å²) in [6.45, 7) is 3.12. The van der Waals surface area contributed by atoms with Crippen LogP contribution in [0.3, 0.4) is 0 Å². The smallest absolute Gasteiger partial charge is 0.259 e. The van der Waals surface area contributed by atoms with Crippen molar-refractivity contribution < 1.29 is 9.18 Å². The second-order valence-electron chi connectivity index (χ2n) is 7.24. The fourth-order valence-corrected chi connectivity index (χ4v) is 4.08. The minimum Gasteiger partial charge on any atom is -0.369 e. The molecule has 2 aromatic rings. The van der Waals surface area contributed by atoms with Crippen molar-refractivity contribution in [3.63, 3.8) is 0 Å². The Balaban J connectivity index is 1.50. The lowest BCUT2D eigenvalue weighted by atomic mass is 9.94. The number of carbonyl (C=O) groups excluding carboxylic acids is 1. The van der Waals surface area contributed by atoms with Gasteiger partial charge in [0.15, 0.2) is 0 Å². The zero-order chi connectivity index (χ0) is 20.6. The lowest BCUT2D eigenvalue weighted by Gasteiger charge is -2.22. The minimum absolute atomic E-state index is 0.0681. The van der Waals surface area contributed by atoms with Crippen molar-refractivity contribution in [2.45, 2.75) is 32.1 Å². The molecular weight excluding hydrogens is 506 g/mol. The Hall–Kier alpha value is -1.45. The van der Waals surface area contributed by atoms with Crippen LogP contribution in [0.25, 0.3) is 0 Å². The number of hydrogen-bond acceptors (Lipinski definition) is 4. The monoisotopic (exact) mass is 530 g/mol. The van der Waals surface area contributed by atoms with Gasteiger partial charge in [-0.2, -0.15) is 0 Å². The molecule has 1 saturated heterocycles. The SMILES string of the molecule is O=C(Nc1ccc(I)c(NCCCCC2CCCNC2)n1)c1ccc(Cl)cc1F. The van der Waals surface area contributed by atoms with Crippen LogP contribution < -0.4 is 16.0 Å². The summed E-state index contributed by atoms with van der Waals surface area (Å²) in [5.74, 6) is 0.681. The number of piperidine rings is 1. The molecule has 0 radical (unpaired) electrons. The maximum atomic E-state index is 13.9. The molecule has 3 N–H and O–H groups in total. The fourth-order valence-electron chi connectivity index (χ4n) is 3.43. The lowest BCUT2D eigenvalue weighted by molar-refractivity contribution is 0.102. The molecule has 0 saturated carbocycles. The van der Waals surface area contributed by atoms with Crippen molar-refractivity contribution >= 4 is 51.7 Å². The number of pyridine rings is 1. The molecule has 1 aromatic carbocycles. The lowest BCUT2D eigenvalue weighted by Crippen LogP contribution is -2.29. The number of aromatic nitrogens is 1. The van der Waals surface area contributed by atoms with E-state index >= 15 is 0 Å². The highest BCUT2D eigenvalue weighted by molar-refractivity contribution is 14.1. The van der Waals surface area contributed by atoms with Crippen molar-refractivity contribution in [2.75, 3.05) is 30.3 Å². The van der Waals surface area contributed by atoms with E-state index in [1.807, 2.05) is 6.07 Å². The molecule has 1 aliphatic rings. The number of anilines is 2. The van der Waals surface area contributed by atoms with Gasteiger partial charge in [0.1, 0.15) is 17.5 Å². The molecule has 1 aliphatic heterocycles. The molecule has 2 heterocycles. The van der Waals surface area contributed by atoms with Gasteiger partial charge >= 0.3 is 0 Å². The van der Waals surface area contributed by atoms with E-state index in [0.717, 1.165) is 47.4 Å². The number of unbranched alkanes of at least 4 members (excludes halogenated alkanes) is 1. The number of halogens is 3. The van der Waals surface area contributed by atoms with Crippen LogP contribution in [0.4, 0.5) is 16.0 Å². The number of carbonyl (C=O) groups is 1. The molecule has 0 aliphatic carbocycles. The zero-order valence-electron chi connectivity index (χ0n) is 16.1. The first kappa shape index (κ1) is 22.2. The van der Waals surface area contributed by atoms with Gasteiger partial charge in [0.2, 0.25) is 0 Å². The van der Waals surface area contributed by atoms with Crippen molar-refractivity contribution in [2.24, 2.45) is 5.92 Å². The third kappa shape index (κ3) is 6.79. The average molecular weight is 531 g/mol. The Bertz CT molecular complexity index is 845. The Morgan fingerprint density at radius 3 is 2.93 bits per heavy atom. The van der Waals surface area contributed by atoms with E-state index in [2.05, 4.69) is 43.5 Å². The molecule has 0 spiro atoms. The van der Waals surface area contributed by atoms with Gasteiger partial charge in [0.25, 0.3) is 5.91 Å². The maximum absolute atomic E-state index is 13.9. The highest BCUT2D eigenvalue weighted by atomic mass is 127. The molecule has 1 atom stereocenters. The molecule has 1 amide bonds. The summed E-state index contributed by atoms with van der Waals surface area (Å²) < 4.78 is 14.9. The number of nitrogens with zero attached hydrogens (tertiary/aromatic N) is 1.